The van der Waals surface area contributed by atoms with Crippen LogP contribution in [-0.4, -0.2) is 22.1 Å². The number of amides is 1. The van der Waals surface area contributed by atoms with Gasteiger partial charge >= 0.3 is 0 Å². The summed E-state index contributed by atoms with van der Waals surface area (Å²) in [6.07, 6.45) is 0. The first-order chi connectivity index (χ1) is 9.04. The van der Waals surface area contributed by atoms with E-state index in [1.165, 1.54) is 16.9 Å². The zero-order valence-electron chi connectivity index (χ0n) is 11.1. The third-order valence-corrected chi connectivity index (χ3v) is 3.34. The average molecular weight is 276 g/mol. The van der Waals surface area contributed by atoms with Gasteiger partial charge in [-0.1, -0.05) is 29.0 Å². The Hall–Kier alpha value is -1.95. The summed E-state index contributed by atoms with van der Waals surface area (Å²) in [4.78, 5) is 12.0. The smallest absolute Gasteiger partial charge is 0.248 e. The van der Waals surface area contributed by atoms with Crippen molar-refractivity contribution in [3.05, 3.63) is 34.8 Å². The predicted molar refractivity (Wildman–Crippen MR) is 77.5 cm³/mol. The van der Waals surface area contributed by atoms with E-state index in [2.05, 4.69) is 20.8 Å². The van der Waals surface area contributed by atoms with E-state index in [9.17, 15) is 4.79 Å². The van der Waals surface area contributed by atoms with Crippen LogP contribution in [0.2, 0.25) is 0 Å². The van der Waals surface area contributed by atoms with Gasteiger partial charge in [-0.05, 0) is 32.9 Å². The molecule has 19 heavy (non-hydrogen) atoms. The summed E-state index contributed by atoms with van der Waals surface area (Å²) >= 11 is 1.36. The number of benzene rings is 1. The molecule has 2 rings (SSSR count). The highest BCUT2D eigenvalue weighted by Crippen LogP contribution is 2.15. The molecule has 2 N–H and O–H groups in total. The molecule has 6 heteroatoms. The molecule has 0 saturated carbocycles. The number of anilines is 2. The topological polar surface area (TPSA) is 66.9 Å². The Kier molecular flexibility index (Phi) is 4.11. The molecular formula is C13H16N4OS. The van der Waals surface area contributed by atoms with Gasteiger partial charge in [0, 0.05) is 5.69 Å². The molecule has 0 bridgehead atoms. The first-order valence-corrected chi connectivity index (χ1v) is 6.80. The third kappa shape index (κ3) is 3.75. The fourth-order valence-corrected chi connectivity index (χ4v) is 2.12. The number of nitrogens with one attached hydrogen (secondary N) is 2. The van der Waals surface area contributed by atoms with Gasteiger partial charge in [0.25, 0.3) is 0 Å². The zero-order valence-corrected chi connectivity index (χ0v) is 11.9. The van der Waals surface area contributed by atoms with Crippen molar-refractivity contribution in [2.45, 2.75) is 26.8 Å². The van der Waals surface area contributed by atoms with E-state index < -0.39 is 0 Å². The van der Waals surface area contributed by atoms with Crippen molar-refractivity contribution in [3.63, 3.8) is 0 Å². The number of hydrogen-bond acceptors (Lipinski definition) is 5. The van der Waals surface area contributed by atoms with Crippen molar-refractivity contribution in [1.82, 2.24) is 10.2 Å². The summed E-state index contributed by atoms with van der Waals surface area (Å²) in [6, 6.07) is 7.57. The summed E-state index contributed by atoms with van der Waals surface area (Å²) in [5.74, 6) is -0.128. The number of aromatic nitrogens is 2. The van der Waals surface area contributed by atoms with E-state index in [1.807, 2.05) is 45.0 Å². The summed E-state index contributed by atoms with van der Waals surface area (Å²) in [7, 11) is 0. The Labute approximate surface area is 116 Å². The largest absolute Gasteiger partial charge is 0.374 e. The highest BCUT2D eigenvalue weighted by Gasteiger charge is 2.14. The van der Waals surface area contributed by atoms with Gasteiger partial charge in [-0.3, -0.25) is 10.1 Å². The minimum Gasteiger partial charge on any atom is -0.374 e. The number of carbonyl (C=O) groups excluding carboxylic acids is 1. The predicted octanol–water partition coefficient (Wildman–Crippen LogP) is 2.59. The molecule has 0 aliphatic heterocycles. The Morgan fingerprint density at radius 1 is 1.21 bits per heavy atom. The Morgan fingerprint density at radius 2 is 1.89 bits per heavy atom. The lowest BCUT2D eigenvalue weighted by molar-refractivity contribution is -0.116. The molecule has 2 aromatic rings. The number of nitrogens with zero attached hydrogens (tertiary/aromatic N) is 2. The van der Waals surface area contributed by atoms with Gasteiger partial charge in [0.15, 0.2) is 0 Å². The molecule has 0 saturated heterocycles. The monoisotopic (exact) mass is 276 g/mol. The number of aryl methyl sites for hydroxylation is 2. The van der Waals surface area contributed by atoms with E-state index in [-0.39, 0.29) is 11.9 Å². The third-order valence-electron chi connectivity index (χ3n) is 2.58. The van der Waals surface area contributed by atoms with Crippen LogP contribution in [0.4, 0.5) is 10.8 Å². The van der Waals surface area contributed by atoms with Gasteiger partial charge in [0.05, 0.1) is 0 Å². The number of carbonyl (C=O) groups is 1. The lowest BCUT2D eigenvalue weighted by Gasteiger charge is -2.14. The molecule has 0 spiro atoms. The molecule has 1 atom stereocenters. The van der Waals surface area contributed by atoms with Gasteiger partial charge in [-0.25, -0.2) is 0 Å². The van der Waals surface area contributed by atoms with Gasteiger partial charge in [-0.2, -0.15) is 0 Å². The SMILES string of the molecule is Cc1ccc(N[C@H](C)C(=O)Nc2nnc(C)s2)cc1. The van der Waals surface area contributed by atoms with Crippen molar-refractivity contribution >= 4 is 28.1 Å². The molecule has 1 amide bonds. The molecule has 5 nitrogen and oxygen atoms in total. The normalized spacial score (nSPS) is 11.9. The van der Waals surface area contributed by atoms with Crippen LogP contribution >= 0.6 is 11.3 Å². The number of rotatable bonds is 4. The van der Waals surface area contributed by atoms with E-state index in [0.717, 1.165) is 10.7 Å². The molecule has 0 fully saturated rings. The summed E-state index contributed by atoms with van der Waals surface area (Å²) in [5, 5.41) is 15.0. The van der Waals surface area contributed by atoms with Crippen LogP contribution in [0.5, 0.6) is 0 Å². The van der Waals surface area contributed by atoms with Crippen LogP contribution in [0.25, 0.3) is 0 Å². The van der Waals surface area contributed by atoms with Crippen molar-refractivity contribution in [2.75, 3.05) is 10.6 Å². The van der Waals surface area contributed by atoms with Crippen LogP contribution in [0.15, 0.2) is 24.3 Å². The highest BCUT2D eigenvalue weighted by atomic mass is 32.1. The fraction of sp³-hybridized carbons (Fsp3) is 0.308. The molecule has 1 heterocycles. The minimum atomic E-state index is -0.341. The molecule has 0 aliphatic rings. The molecule has 100 valence electrons. The maximum absolute atomic E-state index is 12.0. The fourth-order valence-electron chi connectivity index (χ4n) is 1.53. The summed E-state index contributed by atoms with van der Waals surface area (Å²) < 4.78 is 0. The van der Waals surface area contributed by atoms with Gasteiger partial charge in [0.2, 0.25) is 11.0 Å². The van der Waals surface area contributed by atoms with Crippen LogP contribution < -0.4 is 10.6 Å². The van der Waals surface area contributed by atoms with Crippen LogP contribution in [0, 0.1) is 13.8 Å². The minimum absolute atomic E-state index is 0.128. The first-order valence-electron chi connectivity index (χ1n) is 5.99. The molecule has 0 radical (unpaired) electrons. The highest BCUT2D eigenvalue weighted by molar-refractivity contribution is 7.15. The number of hydrogen-bond donors (Lipinski definition) is 2. The summed E-state index contributed by atoms with van der Waals surface area (Å²) in [6.45, 7) is 5.68. The second-order valence-corrected chi connectivity index (χ2v) is 5.53. The molecule has 1 aromatic heterocycles. The maximum atomic E-state index is 12.0. The van der Waals surface area contributed by atoms with Crippen molar-refractivity contribution in [3.8, 4) is 0 Å². The van der Waals surface area contributed by atoms with E-state index in [0.29, 0.717) is 5.13 Å². The Morgan fingerprint density at radius 3 is 2.47 bits per heavy atom. The van der Waals surface area contributed by atoms with Crippen molar-refractivity contribution < 1.29 is 4.79 Å². The van der Waals surface area contributed by atoms with E-state index in [4.69, 9.17) is 0 Å². The quantitative estimate of drug-likeness (QED) is 0.900. The second kappa shape index (κ2) is 5.79. The van der Waals surface area contributed by atoms with E-state index >= 15 is 0 Å². The first kappa shape index (κ1) is 13.5. The summed E-state index contributed by atoms with van der Waals surface area (Å²) in [5.41, 5.74) is 2.11. The Balaban J connectivity index is 1.94. The van der Waals surface area contributed by atoms with Gasteiger partial charge in [-0.15, -0.1) is 10.2 Å². The standard InChI is InChI=1S/C13H16N4OS/c1-8-4-6-11(7-5-8)14-9(2)12(18)15-13-17-16-10(3)19-13/h4-7,9,14H,1-3H3,(H,15,17,18)/t9-/m1/s1. The average Bonchev–Trinajstić information content (AvgIpc) is 2.77. The lowest BCUT2D eigenvalue weighted by Crippen LogP contribution is -2.31. The van der Waals surface area contributed by atoms with Crippen LogP contribution in [0.3, 0.4) is 0 Å². The van der Waals surface area contributed by atoms with Gasteiger partial charge in [0.1, 0.15) is 11.0 Å². The molecular weight excluding hydrogens is 260 g/mol. The Bertz CT molecular complexity index is 564. The van der Waals surface area contributed by atoms with E-state index in [1.54, 1.807) is 0 Å². The lowest BCUT2D eigenvalue weighted by atomic mass is 10.2. The van der Waals surface area contributed by atoms with Crippen molar-refractivity contribution in [1.29, 1.82) is 0 Å². The van der Waals surface area contributed by atoms with Crippen molar-refractivity contribution in [2.24, 2.45) is 0 Å². The zero-order chi connectivity index (χ0) is 13.8. The molecule has 1 aromatic carbocycles. The van der Waals surface area contributed by atoms with Crippen LogP contribution in [0.1, 0.15) is 17.5 Å². The molecule has 0 unspecified atom stereocenters. The van der Waals surface area contributed by atoms with Crippen LogP contribution in [-0.2, 0) is 4.79 Å². The second-order valence-electron chi connectivity index (χ2n) is 4.35. The maximum Gasteiger partial charge on any atom is 0.248 e. The molecule has 0 aliphatic carbocycles. The van der Waals surface area contributed by atoms with Gasteiger partial charge < -0.3 is 5.32 Å².